The molecule has 56 valence electrons. The summed E-state index contributed by atoms with van der Waals surface area (Å²) in [5.74, 6) is 0.461. The molecule has 1 heterocycles. The van der Waals surface area contributed by atoms with Gasteiger partial charge in [-0.1, -0.05) is 19.3 Å². The lowest BCUT2D eigenvalue weighted by Crippen LogP contribution is -2.12. The summed E-state index contributed by atoms with van der Waals surface area (Å²) in [5.41, 5.74) is 2.97. The highest BCUT2D eigenvalue weighted by Crippen LogP contribution is 2.09. The molecule has 0 atom stereocenters. The normalized spacial score (nSPS) is 10.5. The molecule has 1 aromatic heterocycles. The smallest absolute Gasteiger partial charge is 0.114 e. The Morgan fingerprint density at radius 3 is 2.55 bits per heavy atom. The van der Waals surface area contributed by atoms with Crippen LogP contribution >= 0.6 is 0 Å². The Kier molecular flexibility index (Phi) is 2.33. The van der Waals surface area contributed by atoms with E-state index < -0.39 is 0 Å². The lowest BCUT2D eigenvalue weighted by Gasteiger charge is -2.08. The first-order chi connectivity index (χ1) is 5.11. The van der Waals surface area contributed by atoms with Gasteiger partial charge in [0.15, 0.2) is 0 Å². The van der Waals surface area contributed by atoms with Gasteiger partial charge in [0, 0.05) is 11.9 Å². The van der Waals surface area contributed by atoms with E-state index in [1.165, 1.54) is 0 Å². The average Bonchev–Trinajstić information content (AvgIpc) is 1.85. The first-order valence-electron chi connectivity index (χ1n) is 3.83. The quantitative estimate of drug-likeness (QED) is 0.543. The molecule has 0 aliphatic rings. The second-order valence-corrected chi connectivity index (χ2v) is 3.11. The molecule has 2 radical (unpaired) electrons. The molecule has 0 unspecified atom stereocenters. The summed E-state index contributed by atoms with van der Waals surface area (Å²) < 4.78 is 0. The molecule has 0 aliphatic carbocycles. The average molecular weight is 145 g/mol. The fourth-order valence-corrected chi connectivity index (χ4v) is 1.07. The maximum Gasteiger partial charge on any atom is 0.114 e. The van der Waals surface area contributed by atoms with Crippen molar-refractivity contribution in [2.75, 3.05) is 0 Å². The molecule has 0 saturated heterocycles. The minimum absolute atomic E-state index is 0.461. The summed E-state index contributed by atoms with van der Waals surface area (Å²) in [6, 6.07) is 1.91. The Morgan fingerprint density at radius 1 is 1.45 bits per heavy atom. The summed E-state index contributed by atoms with van der Waals surface area (Å²) in [6.45, 7) is 6.17. The van der Waals surface area contributed by atoms with Gasteiger partial charge < -0.3 is 0 Å². The molecule has 0 amide bonds. The number of hydrogen-bond acceptors (Lipinski definition) is 1. The molecule has 0 N–H and O–H groups in total. The molecule has 0 aliphatic heterocycles. The number of nitrogens with zero attached hydrogens (tertiary/aromatic N) is 1. The predicted octanol–water partition coefficient (Wildman–Crippen LogP) is 1.31. The maximum absolute atomic E-state index is 5.78. The van der Waals surface area contributed by atoms with Crippen molar-refractivity contribution in [1.82, 2.24) is 4.98 Å². The highest BCUT2D eigenvalue weighted by molar-refractivity contribution is 6.33. The van der Waals surface area contributed by atoms with Gasteiger partial charge in [0.05, 0.1) is 0 Å². The Labute approximate surface area is 69.3 Å². The van der Waals surface area contributed by atoms with Gasteiger partial charge in [0.25, 0.3) is 0 Å². The van der Waals surface area contributed by atoms with Crippen molar-refractivity contribution in [3.05, 3.63) is 23.5 Å². The summed E-state index contributed by atoms with van der Waals surface area (Å²) in [5, 5.41) is 0. The molecule has 1 aromatic rings. The zero-order chi connectivity index (χ0) is 8.43. The van der Waals surface area contributed by atoms with E-state index in [1.54, 1.807) is 0 Å². The van der Waals surface area contributed by atoms with Gasteiger partial charge in [-0.25, -0.2) is 0 Å². The maximum atomic E-state index is 5.78. The molecule has 0 aromatic carbocycles. The zero-order valence-corrected chi connectivity index (χ0v) is 7.26. The van der Waals surface area contributed by atoms with Crippen LogP contribution in [0.25, 0.3) is 0 Å². The van der Waals surface area contributed by atoms with Crippen molar-refractivity contribution in [2.24, 2.45) is 0 Å². The number of pyridine rings is 1. The van der Waals surface area contributed by atoms with Crippen molar-refractivity contribution in [1.29, 1.82) is 0 Å². The number of rotatable bonds is 1. The summed E-state index contributed by atoms with van der Waals surface area (Å²) in [7, 11) is 5.78. The fraction of sp³-hybridized carbons (Fsp3) is 0.444. The van der Waals surface area contributed by atoms with Crippen LogP contribution in [0.2, 0.25) is 0 Å². The molecule has 1 nitrogen and oxygen atoms in total. The molecule has 2 heteroatoms. The minimum Gasteiger partial charge on any atom is -0.261 e. The van der Waals surface area contributed by atoms with Crippen LogP contribution in [0, 0.1) is 6.92 Å². The van der Waals surface area contributed by atoms with Crippen LogP contribution in [-0.2, 0) is 0 Å². The second-order valence-electron chi connectivity index (χ2n) is 3.11. The van der Waals surface area contributed by atoms with E-state index in [9.17, 15) is 0 Å². The molecule has 0 spiro atoms. The second kappa shape index (κ2) is 3.08. The highest BCUT2D eigenvalue weighted by Gasteiger charge is 2.02. The standard InChI is InChI=1S/C9H12BN/c1-6(2)8-5-11-7(3)4-9(8)10/h4-6H,1-3H3. The summed E-state index contributed by atoms with van der Waals surface area (Å²) in [6.07, 6.45) is 1.86. The molecule has 0 saturated carbocycles. The van der Waals surface area contributed by atoms with E-state index in [1.807, 2.05) is 19.2 Å². The third kappa shape index (κ3) is 1.82. The van der Waals surface area contributed by atoms with E-state index >= 15 is 0 Å². The molecular weight excluding hydrogens is 133 g/mol. The highest BCUT2D eigenvalue weighted by atomic mass is 14.7. The number of hydrogen-bond donors (Lipinski definition) is 0. The minimum atomic E-state index is 0.461. The van der Waals surface area contributed by atoms with Gasteiger partial charge in [-0.15, -0.1) is 0 Å². The summed E-state index contributed by atoms with van der Waals surface area (Å²) in [4.78, 5) is 4.18. The zero-order valence-electron chi connectivity index (χ0n) is 7.26. The topological polar surface area (TPSA) is 12.9 Å². The lowest BCUT2D eigenvalue weighted by atomic mass is 9.86. The van der Waals surface area contributed by atoms with E-state index in [0.717, 1.165) is 16.7 Å². The number of aryl methyl sites for hydroxylation is 1. The van der Waals surface area contributed by atoms with Crippen LogP contribution in [0.1, 0.15) is 31.0 Å². The third-order valence-electron chi connectivity index (χ3n) is 1.73. The molecule has 11 heavy (non-hydrogen) atoms. The van der Waals surface area contributed by atoms with Crippen LogP contribution in [0.4, 0.5) is 0 Å². The first kappa shape index (κ1) is 8.31. The van der Waals surface area contributed by atoms with Crippen molar-refractivity contribution in [2.45, 2.75) is 26.7 Å². The first-order valence-corrected chi connectivity index (χ1v) is 3.83. The van der Waals surface area contributed by atoms with E-state index in [-0.39, 0.29) is 0 Å². The van der Waals surface area contributed by atoms with Gasteiger partial charge in [-0.3, -0.25) is 4.98 Å². The summed E-state index contributed by atoms with van der Waals surface area (Å²) >= 11 is 0. The monoisotopic (exact) mass is 145 g/mol. The van der Waals surface area contributed by atoms with Gasteiger partial charge >= 0.3 is 0 Å². The van der Waals surface area contributed by atoms with E-state index in [4.69, 9.17) is 7.85 Å². The SMILES string of the molecule is [B]c1cc(C)ncc1C(C)C. The molecular formula is C9H12BN. The van der Waals surface area contributed by atoms with Gasteiger partial charge in [0.2, 0.25) is 0 Å². The van der Waals surface area contributed by atoms with Crippen molar-refractivity contribution < 1.29 is 0 Å². The van der Waals surface area contributed by atoms with E-state index in [0.29, 0.717) is 5.92 Å². The van der Waals surface area contributed by atoms with Crippen molar-refractivity contribution >= 4 is 13.3 Å². The van der Waals surface area contributed by atoms with Crippen LogP contribution in [0.5, 0.6) is 0 Å². The third-order valence-corrected chi connectivity index (χ3v) is 1.73. The Hall–Kier alpha value is -0.785. The Morgan fingerprint density at radius 2 is 2.09 bits per heavy atom. The van der Waals surface area contributed by atoms with Crippen LogP contribution in [-0.4, -0.2) is 12.8 Å². The Bertz CT molecular complexity index is 256. The van der Waals surface area contributed by atoms with Crippen molar-refractivity contribution in [3.63, 3.8) is 0 Å². The molecule has 1 rings (SSSR count). The van der Waals surface area contributed by atoms with Gasteiger partial charge in [-0.05, 0) is 24.5 Å². The Balaban J connectivity index is 3.09. The molecule has 0 bridgehead atoms. The van der Waals surface area contributed by atoms with E-state index in [2.05, 4.69) is 18.8 Å². The van der Waals surface area contributed by atoms with Crippen LogP contribution in [0.15, 0.2) is 12.3 Å². The van der Waals surface area contributed by atoms with Gasteiger partial charge in [-0.2, -0.15) is 0 Å². The molecule has 0 fully saturated rings. The number of aromatic nitrogens is 1. The van der Waals surface area contributed by atoms with Gasteiger partial charge in [0.1, 0.15) is 7.85 Å². The largest absolute Gasteiger partial charge is 0.261 e. The van der Waals surface area contributed by atoms with Crippen LogP contribution < -0.4 is 5.46 Å². The fourth-order valence-electron chi connectivity index (χ4n) is 1.07. The lowest BCUT2D eigenvalue weighted by molar-refractivity contribution is 0.863. The predicted molar refractivity (Wildman–Crippen MR) is 48.5 cm³/mol. The van der Waals surface area contributed by atoms with Crippen LogP contribution in [0.3, 0.4) is 0 Å². The van der Waals surface area contributed by atoms with Crippen molar-refractivity contribution in [3.8, 4) is 0 Å².